The number of aromatic carboxylic acids is 1. The first-order valence-electron chi connectivity index (χ1n) is 10.9. The van der Waals surface area contributed by atoms with Crippen molar-refractivity contribution >= 4 is 33.9 Å². The van der Waals surface area contributed by atoms with Crippen LogP contribution in [0.1, 0.15) is 22.3 Å². The van der Waals surface area contributed by atoms with Crippen LogP contribution in [0.4, 0.5) is 21.5 Å². The minimum Gasteiger partial charge on any atom is -0.478 e. The maximum Gasteiger partial charge on any atom is 0.335 e. The fraction of sp³-hybridized carbons (Fsp3) is 0.185. The van der Waals surface area contributed by atoms with Crippen molar-refractivity contribution in [1.29, 1.82) is 0 Å². The van der Waals surface area contributed by atoms with Gasteiger partial charge in [0.2, 0.25) is 0 Å². The molecular formula is C27H24FN3O2. The Balaban J connectivity index is 1.73. The largest absolute Gasteiger partial charge is 0.478 e. The number of hydrogen-bond donors (Lipinski definition) is 1. The third kappa shape index (κ3) is 3.89. The van der Waals surface area contributed by atoms with Gasteiger partial charge in [0, 0.05) is 43.0 Å². The van der Waals surface area contributed by atoms with Gasteiger partial charge in [-0.05, 0) is 85.1 Å². The van der Waals surface area contributed by atoms with Gasteiger partial charge in [-0.3, -0.25) is 0 Å². The number of halogens is 1. The molecule has 33 heavy (non-hydrogen) atoms. The van der Waals surface area contributed by atoms with Crippen LogP contribution in [-0.4, -0.2) is 36.7 Å². The van der Waals surface area contributed by atoms with Gasteiger partial charge in [0.05, 0.1) is 22.5 Å². The maximum absolute atomic E-state index is 13.6. The molecule has 6 heteroatoms. The van der Waals surface area contributed by atoms with Gasteiger partial charge in [0.25, 0.3) is 0 Å². The number of aryl methyl sites for hydroxylation is 1. The van der Waals surface area contributed by atoms with Crippen LogP contribution in [0.25, 0.3) is 22.2 Å². The minimum absolute atomic E-state index is 0.222. The van der Waals surface area contributed by atoms with E-state index in [4.69, 9.17) is 4.98 Å². The number of hydrogen-bond acceptors (Lipinski definition) is 4. The molecule has 0 radical (unpaired) electrons. The molecule has 3 aromatic carbocycles. The Morgan fingerprint density at radius 3 is 2.52 bits per heavy atom. The van der Waals surface area contributed by atoms with Gasteiger partial charge in [-0.25, -0.2) is 14.2 Å². The molecule has 1 aliphatic heterocycles. The molecule has 0 spiro atoms. The number of pyridine rings is 1. The molecule has 1 N–H and O–H groups in total. The van der Waals surface area contributed by atoms with Crippen LogP contribution in [0.3, 0.4) is 0 Å². The van der Waals surface area contributed by atoms with Crippen molar-refractivity contribution in [2.24, 2.45) is 0 Å². The average molecular weight is 442 g/mol. The normalized spacial score (nSPS) is 13.1. The average Bonchev–Trinajstić information content (AvgIpc) is 2.82. The third-order valence-corrected chi connectivity index (χ3v) is 6.15. The van der Waals surface area contributed by atoms with Crippen LogP contribution >= 0.6 is 0 Å². The lowest BCUT2D eigenvalue weighted by Crippen LogP contribution is -2.25. The van der Waals surface area contributed by atoms with Crippen molar-refractivity contribution in [3.05, 3.63) is 83.7 Å². The molecule has 1 aromatic heterocycles. The molecule has 0 aliphatic carbocycles. The number of benzene rings is 3. The van der Waals surface area contributed by atoms with Gasteiger partial charge in [-0.1, -0.05) is 0 Å². The van der Waals surface area contributed by atoms with E-state index in [0.717, 1.165) is 53.1 Å². The van der Waals surface area contributed by atoms with E-state index in [1.54, 1.807) is 30.3 Å². The zero-order valence-corrected chi connectivity index (χ0v) is 18.5. The van der Waals surface area contributed by atoms with Crippen LogP contribution in [0.5, 0.6) is 0 Å². The summed E-state index contributed by atoms with van der Waals surface area (Å²) in [5.74, 6) is -1.27. The number of carboxylic acids is 1. The van der Waals surface area contributed by atoms with E-state index in [1.807, 2.05) is 20.2 Å². The molecule has 5 rings (SSSR count). The van der Waals surface area contributed by atoms with Crippen molar-refractivity contribution in [1.82, 2.24) is 4.98 Å². The van der Waals surface area contributed by atoms with E-state index in [-0.39, 0.29) is 11.4 Å². The van der Waals surface area contributed by atoms with E-state index in [2.05, 4.69) is 28.0 Å². The van der Waals surface area contributed by atoms with E-state index in [1.165, 1.54) is 17.7 Å². The summed E-state index contributed by atoms with van der Waals surface area (Å²) in [4.78, 5) is 20.8. The van der Waals surface area contributed by atoms with Gasteiger partial charge < -0.3 is 14.9 Å². The zero-order chi connectivity index (χ0) is 23.1. The molecule has 1 aliphatic rings. The smallest absolute Gasteiger partial charge is 0.335 e. The first-order valence-corrected chi connectivity index (χ1v) is 10.9. The highest BCUT2D eigenvalue weighted by Crippen LogP contribution is 2.41. The molecule has 0 atom stereocenters. The Bertz CT molecular complexity index is 1370. The number of rotatable bonds is 4. The molecule has 0 unspecified atom stereocenters. The number of fused-ring (bicyclic) bond motifs is 2. The highest BCUT2D eigenvalue weighted by molar-refractivity contribution is 5.97. The summed E-state index contributed by atoms with van der Waals surface area (Å²) in [6, 6.07) is 19.7. The van der Waals surface area contributed by atoms with Crippen LogP contribution in [0.2, 0.25) is 0 Å². The van der Waals surface area contributed by atoms with Crippen molar-refractivity contribution in [3.63, 3.8) is 0 Å². The fourth-order valence-corrected chi connectivity index (χ4v) is 4.44. The summed E-state index contributed by atoms with van der Waals surface area (Å²) in [7, 11) is 4.06. The fourth-order valence-electron chi connectivity index (χ4n) is 4.44. The Labute approximate surface area is 191 Å². The molecular weight excluding hydrogens is 417 g/mol. The second kappa shape index (κ2) is 8.20. The molecule has 4 aromatic rings. The van der Waals surface area contributed by atoms with Crippen LogP contribution in [-0.2, 0) is 6.42 Å². The monoisotopic (exact) mass is 441 g/mol. The SMILES string of the molecule is CN(C)c1ccc2c(c1)CCCN2c1cc2cc(C(=O)O)ccc2nc1-c1ccc(F)cc1. The molecule has 0 fully saturated rings. The number of carbonyl (C=O) groups is 1. The van der Waals surface area contributed by atoms with Crippen molar-refractivity contribution < 1.29 is 14.3 Å². The predicted molar refractivity (Wildman–Crippen MR) is 130 cm³/mol. The van der Waals surface area contributed by atoms with E-state index < -0.39 is 5.97 Å². The quantitative estimate of drug-likeness (QED) is 0.428. The number of nitrogens with zero attached hydrogens (tertiary/aromatic N) is 3. The molecule has 0 saturated heterocycles. The minimum atomic E-state index is -0.972. The Kier molecular flexibility index (Phi) is 5.21. The van der Waals surface area contributed by atoms with Crippen molar-refractivity contribution in [3.8, 4) is 11.3 Å². The summed E-state index contributed by atoms with van der Waals surface area (Å²) < 4.78 is 13.6. The van der Waals surface area contributed by atoms with Gasteiger partial charge in [0.1, 0.15) is 5.82 Å². The van der Waals surface area contributed by atoms with Crippen LogP contribution in [0, 0.1) is 5.82 Å². The van der Waals surface area contributed by atoms with Crippen molar-refractivity contribution in [2.75, 3.05) is 30.4 Å². The summed E-state index contributed by atoms with van der Waals surface area (Å²) in [5, 5.41) is 10.2. The lowest BCUT2D eigenvalue weighted by Gasteiger charge is -2.33. The van der Waals surface area contributed by atoms with Gasteiger partial charge in [-0.15, -0.1) is 0 Å². The molecule has 0 saturated carbocycles. The van der Waals surface area contributed by atoms with Crippen molar-refractivity contribution in [2.45, 2.75) is 12.8 Å². The lowest BCUT2D eigenvalue weighted by atomic mass is 9.98. The molecule has 2 heterocycles. The second-order valence-electron chi connectivity index (χ2n) is 8.54. The van der Waals surface area contributed by atoms with E-state index >= 15 is 0 Å². The second-order valence-corrected chi connectivity index (χ2v) is 8.54. The summed E-state index contributed by atoms with van der Waals surface area (Å²) in [6.45, 7) is 0.814. The number of anilines is 3. The molecule has 0 bridgehead atoms. The first kappa shape index (κ1) is 20.9. The summed E-state index contributed by atoms with van der Waals surface area (Å²) >= 11 is 0. The Morgan fingerprint density at radius 1 is 1.00 bits per heavy atom. The van der Waals surface area contributed by atoms with E-state index in [0.29, 0.717) is 5.52 Å². The number of carboxylic acid groups (broad SMARTS) is 1. The van der Waals surface area contributed by atoms with E-state index in [9.17, 15) is 14.3 Å². The Morgan fingerprint density at radius 2 is 1.79 bits per heavy atom. The molecule has 166 valence electrons. The van der Waals surface area contributed by atoms with Crippen LogP contribution < -0.4 is 9.80 Å². The Hall–Kier alpha value is -3.93. The first-order chi connectivity index (χ1) is 15.9. The van der Waals surface area contributed by atoms with Gasteiger partial charge in [-0.2, -0.15) is 0 Å². The molecule has 0 amide bonds. The standard InChI is InChI=1S/C27H24FN3O2/c1-30(2)22-10-12-24-18(15-22)4-3-13-31(24)25-16-20-14-19(27(32)33)7-11-23(20)29-26(25)17-5-8-21(28)9-6-17/h5-12,14-16H,3-4,13H2,1-2H3,(H,32,33). The predicted octanol–water partition coefficient (Wildman–Crippen LogP) is 5.89. The highest BCUT2D eigenvalue weighted by atomic mass is 19.1. The van der Waals surface area contributed by atoms with Crippen LogP contribution in [0.15, 0.2) is 66.7 Å². The summed E-state index contributed by atoms with van der Waals surface area (Å²) in [6.07, 6.45) is 1.98. The highest BCUT2D eigenvalue weighted by Gasteiger charge is 2.23. The van der Waals surface area contributed by atoms with Gasteiger partial charge in [0.15, 0.2) is 0 Å². The third-order valence-electron chi connectivity index (χ3n) is 6.15. The zero-order valence-electron chi connectivity index (χ0n) is 18.5. The van der Waals surface area contributed by atoms with Gasteiger partial charge >= 0.3 is 5.97 Å². The lowest BCUT2D eigenvalue weighted by molar-refractivity contribution is 0.0697. The maximum atomic E-state index is 13.6. The topological polar surface area (TPSA) is 56.7 Å². The summed E-state index contributed by atoms with van der Waals surface area (Å²) in [5.41, 5.74) is 6.89. The number of aromatic nitrogens is 1. The molecule has 5 nitrogen and oxygen atoms in total.